The molecule has 1 rings (SSSR count). The van der Waals surface area contributed by atoms with Crippen LogP contribution in [0.2, 0.25) is 0 Å². The van der Waals surface area contributed by atoms with Crippen molar-refractivity contribution in [1.29, 1.82) is 0 Å². The van der Waals surface area contributed by atoms with E-state index in [1.807, 2.05) is 0 Å². The predicted octanol–water partition coefficient (Wildman–Crippen LogP) is 2.43. The summed E-state index contributed by atoms with van der Waals surface area (Å²) in [5, 5.41) is 20.5. The molecule has 0 aliphatic heterocycles. The number of ether oxygens (including phenoxy) is 1. The zero-order valence-electron chi connectivity index (χ0n) is 13.3. The minimum Gasteiger partial charge on any atom is -0.459 e. The Bertz CT molecular complexity index is 351. The van der Waals surface area contributed by atoms with Crippen LogP contribution in [0, 0.1) is 11.8 Å². The number of rotatable bonds is 4. The van der Waals surface area contributed by atoms with Gasteiger partial charge in [0.25, 0.3) is 0 Å². The molecule has 0 amide bonds. The van der Waals surface area contributed by atoms with Gasteiger partial charge in [-0.25, -0.2) is 4.79 Å². The third-order valence-corrected chi connectivity index (χ3v) is 4.28. The Hall–Kier alpha value is -0.870. The van der Waals surface area contributed by atoms with Crippen molar-refractivity contribution in [2.45, 2.75) is 71.2 Å². The molecule has 20 heavy (non-hydrogen) atoms. The van der Waals surface area contributed by atoms with E-state index in [0.29, 0.717) is 18.4 Å². The Morgan fingerprint density at radius 3 is 1.75 bits per heavy atom. The topological polar surface area (TPSA) is 66.8 Å². The lowest BCUT2D eigenvalue weighted by Crippen LogP contribution is -2.46. The highest BCUT2D eigenvalue weighted by Gasteiger charge is 2.42. The maximum absolute atomic E-state index is 11.7. The summed E-state index contributed by atoms with van der Waals surface area (Å²) in [5.41, 5.74) is -1.33. The SMILES string of the molecule is C=C(C)C(=O)O[C@H]1C[C@@H](C(C)(C)O)C[C@@H](C(C)(C)O)C1. The van der Waals surface area contributed by atoms with Gasteiger partial charge in [0, 0.05) is 5.57 Å². The molecule has 0 radical (unpaired) electrons. The minimum absolute atomic E-state index is 0.00408. The third kappa shape index (κ3) is 4.60. The second kappa shape index (κ2) is 5.86. The molecule has 1 aliphatic rings. The second-order valence-electron chi connectivity index (χ2n) is 7.22. The second-order valence-corrected chi connectivity index (χ2v) is 7.22. The molecule has 1 fully saturated rings. The molecule has 0 aromatic heterocycles. The summed E-state index contributed by atoms with van der Waals surface area (Å²) in [5.74, 6) is -0.410. The Morgan fingerprint density at radius 1 is 1.05 bits per heavy atom. The number of hydrogen-bond acceptors (Lipinski definition) is 4. The van der Waals surface area contributed by atoms with E-state index in [2.05, 4.69) is 6.58 Å². The summed E-state index contributed by atoms with van der Waals surface area (Å²) in [4.78, 5) is 11.7. The fourth-order valence-electron chi connectivity index (χ4n) is 2.77. The molecule has 3 atom stereocenters. The smallest absolute Gasteiger partial charge is 0.333 e. The van der Waals surface area contributed by atoms with E-state index in [-0.39, 0.29) is 17.9 Å². The highest BCUT2D eigenvalue weighted by molar-refractivity contribution is 5.87. The van der Waals surface area contributed by atoms with Gasteiger partial charge in [0.05, 0.1) is 11.2 Å². The Balaban J connectivity index is 2.85. The molecule has 1 aliphatic carbocycles. The van der Waals surface area contributed by atoms with Gasteiger partial charge in [-0.1, -0.05) is 6.58 Å². The number of hydrogen-bond donors (Lipinski definition) is 2. The van der Waals surface area contributed by atoms with Crippen molar-refractivity contribution in [2.24, 2.45) is 11.8 Å². The maximum atomic E-state index is 11.7. The van der Waals surface area contributed by atoms with Gasteiger partial charge in [-0.2, -0.15) is 0 Å². The molecule has 0 unspecified atom stereocenters. The predicted molar refractivity (Wildman–Crippen MR) is 78.1 cm³/mol. The Kier molecular flexibility index (Phi) is 5.03. The summed E-state index contributed by atoms with van der Waals surface area (Å²) in [6.07, 6.45) is 1.69. The molecule has 0 bridgehead atoms. The van der Waals surface area contributed by atoms with Crippen molar-refractivity contribution >= 4 is 5.97 Å². The summed E-state index contributed by atoms with van der Waals surface area (Å²) < 4.78 is 5.44. The van der Waals surface area contributed by atoms with E-state index in [1.54, 1.807) is 34.6 Å². The first-order chi connectivity index (χ1) is 8.91. The van der Waals surface area contributed by atoms with Crippen molar-refractivity contribution < 1.29 is 19.7 Å². The number of esters is 1. The van der Waals surface area contributed by atoms with Gasteiger partial charge in [-0.15, -0.1) is 0 Å². The van der Waals surface area contributed by atoms with Gasteiger partial charge in [-0.3, -0.25) is 0 Å². The van der Waals surface area contributed by atoms with Crippen LogP contribution in [0.5, 0.6) is 0 Å². The molecule has 4 heteroatoms. The van der Waals surface area contributed by atoms with Gasteiger partial charge in [0.1, 0.15) is 6.10 Å². The molecule has 0 aromatic rings. The Morgan fingerprint density at radius 2 is 1.45 bits per heavy atom. The maximum Gasteiger partial charge on any atom is 0.333 e. The first kappa shape index (κ1) is 17.2. The van der Waals surface area contributed by atoms with Gasteiger partial charge in [-0.05, 0) is 65.7 Å². The molecule has 0 heterocycles. The molecule has 4 nitrogen and oxygen atoms in total. The van der Waals surface area contributed by atoms with E-state index in [4.69, 9.17) is 4.74 Å². The minimum atomic E-state index is -0.849. The van der Waals surface area contributed by atoms with Crippen LogP contribution in [0.3, 0.4) is 0 Å². The van der Waals surface area contributed by atoms with Gasteiger partial charge < -0.3 is 14.9 Å². The van der Waals surface area contributed by atoms with Gasteiger partial charge in [0.2, 0.25) is 0 Å². The normalized spacial score (nSPS) is 28.1. The monoisotopic (exact) mass is 284 g/mol. The lowest BCUT2D eigenvalue weighted by molar-refractivity contribution is -0.154. The molecule has 0 spiro atoms. The van der Waals surface area contributed by atoms with E-state index in [0.717, 1.165) is 6.42 Å². The quantitative estimate of drug-likeness (QED) is 0.614. The van der Waals surface area contributed by atoms with Crippen LogP contribution in [0.1, 0.15) is 53.9 Å². The first-order valence-electron chi connectivity index (χ1n) is 7.22. The fraction of sp³-hybridized carbons (Fsp3) is 0.812. The van der Waals surface area contributed by atoms with Gasteiger partial charge >= 0.3 is 5.97 Å². The fourth-order valence-corrected chi connectivity index (χ4v) is 2.77. The highest BCUT2D eigenvalue weighted by Crippen LogP contribution is 2.41. The number of carbonyl (C=O) groups is 1. The molecule has 0 saturated heterocycles. The molecule has 116 valence electrons. The van der Waals surface area contributed by atoms with Crippen LogP contribution < -0.4 is 0 Å². The lowest BCUT2D eigenvalue weighted by Gasteiger charge is -2.43. The zero-order chi connectivity index (χ0) is 15.7. The summed E-state index contributed by atoms with van der Waals surface area (Å²) >= 11 is 0. The van der Waals surface area contributed by atoms with Crippen LogP contribution in [0.4, 0.5) is 0 Å². The summed E-state index contributed by atoms with van der Waals surface area (Å²) in [6, 6.07) is 0. The standard InChI is InChI=1S/C16H28O4/c1-10(2)14(17)20-13-8-11(15(3,4)18)7-12(9-13)16(5,6)19/h11-13,18-19H,1,7-9H2,2-6H3/t11-,12+,13-. The van der Waals surface area contributed by atoms with E-state index in [1.165, 1.54) is 0 Å². The van der Waals surface area contributed by atoms with Crippen LogP contribution >= 0.6 is 0 Å². The number of carbonyl (C=O) groups excluding carboxylic acids is 1. The van der Waals surface area contributed by atoms with Crippen molar-refractivity contribution in [3.63, 3.8) is 0 Å². The zero-order valence-corrected chi connectivity index (χ0v) is 13.3. The van der Waals surface area contributed by atoms with Crippen molar-refractivity contribution in [3.8, 4) is 0 Å². The van der Waals surface area contributed by atoms with E-state index in [9.17, 15) is 15.0 Å². The first-order valence-corrected chi connectivity index (χ1v) is 7.22. The molecular weight excluding hydrogens is 256 g/mol. The Labute approximate surface area is 121 Å². The third-order valence-electron chi connectivity index (χ3n) is 4.28. The molecule has 1 saturated carbocycles. The van der Waals surface area contributed by atoms with E-state index < -0.39 is 17.2 Å². The lowest BCUT2D eigenvalue weighted by atomic mass is 9.68. The van der Waals surface area contributed by atoms with Crippen molar-refractivity contribution in [3.05, 3.63) is 12.2 Å². The van der Waals surface area contributed by atoms with Crippen LogP contribution in [0.15, 0.2) is 12.2 Å². The van der Waals surface area contributed by atoms with Crippen LogP contribution in [-0.4, -0.2) is 33.5 Å². The van der Waals surface area contributed by atoms with Crippen molar-refractivity contribution in [2.75, 3.05) is 0 Å². The van der Waals surface area contributed by atoms with Crippen molar-refractivity contribution in [1.82, 2.24) is 0 Å². The molecular formula is C16H28O4. The molecule has 2 N–H and O–H groups in total. The summed E-state index contributed by atoms with van der Waals surface area (Å²) in [7, 11) is 0. The molecule has 0 aromatic carbocycles. The van der Waals surface area contributed by atoms with E-state index >= 15 is 0 Å². The average molecular weight is 284 g/mol. The average Bonchev–Trinajstić information content (AvgIpc) is 2.26. The van der Waals surface area contributed by atoms with Crippen LogP contribution in [-0.2, 0) is 9.53 Å². The van der Waals surface area contributed by atoms with Gasteiger partial charge in [0.15, 0.2) is 0 Å². The largest absolute Gasteiger partial charge is 0.459 e. The van der Waals surface area contributed by atoms with Crippen LogP contribution in [0.25, 0.3) is 0 Å². The number of aliphatic hydroxyl groups is 2. The highest BCUT2D eigenvalue weighted by atomic mass is 16.5. The summed E-state index contributed by atoms with van der Waals surface area (Å²) in [6.45, 7) is 12.3.